The highest BCUT2D eigenvalue weighted by molar-refractivity contribution is 14.1. The number of hydrogen-bond donors (Lipinski definition) is 1. The van der Waals surface area contributed by atoms with Crippen LogP contribution >= 0.6 is 45.5 Å². The molecule has 1 amide bonds. The number of carbonyl (C=O) groups excluding carboxylic acids is 1. The molecule has 0 saturated heterocycles. The molecule has 1 rings (SSSR count). The molecule has 1 unspecified atom stereocenters. The molecule has 16 heavy (non-hydrogen) atoms. The van der Waals surface area contributed by atoms with E-state index in [1.54, 1.807) is 11.3 Å². The molecule has 1 heterocycles. The summed E-state index contributed by atoms with van der Waals surface area (Å²) in [5.74, 6) is 0.555. The number of nitrogens with one attached hydrogen (secondary N) is 1. The van der Waals surface area contributed by atoms with Crippen LogP contribution in [-0.2, 0) is 0 Å². The first-order chi connectivity index (χ1) is 7.50. The Labute approximate surface area is 119 Å². The maximum Gasteiger partial charge on any atom is 0.252 e. The number of carbonyl (C=O) groups is 1. The van der Waals surface area contributed by atoms with Gasteiger partial charge in [-0.25, -0.2) is 0 Å². The molecule has 1 aromatic rings. The Morgan fingerprint density at radius 3 is 2.81 bits per heavy atom. The Balaban J connectivity index is 2.69. The monoisotopic (exact) mass is 371 g/mol. The van der Waals surface area contributed by atoms with Crippen molar-refractivity contribution in [2.75, 3.05) is 5.88 Å². The Hall–Kier alpha value is 0.190. The summed E-state index contributed by atoms with van der Waals surface area (Å²) in [6.45, 7) is 4.09. The van der Waals surface area contributed by atoms with Gasteiger partial charge >= 0.3 is 0 Å². The summed E-state index contributed by atoms with van der Waals surface area (Å²) in [5.41, 5.74) is 0.537. The molecule has 0 aliphatic carbocycles. The Kier molecular flexibility index (Phi) is 5.53. The van der Waals surface area contributed by atoms with Gasteiger partial charge in [-0.1, -0.05) is 6.92 Å². The fourth-order valence-corrected chi connectivity index (χ4v) is 3.06. The zero-order chi connectivity index (χ0) is 12.2. The van der Waals surface area contributed by atoms with Crippen LogP contribution in [0, 0.1) is 2.88 Å². The zero-order valence-electron chi connectivity index (χ0n) is 9.35. The molecule has 0 bridgehead atoms. The predicted octanol–water partition coefficient (Wildman–Crippen LogP) is 3.88. The van der Waals surface area contributed by atoms with Crippen LogP contribution in [0.1, 0.15) is 37.0 Å². The van der Waals surface area contributed by atoms with E-state index >= 15 is 0 Å². The van der Waals surface area contributed by atoms with Gasteiger partial charge in [0.1, 0.15) is 0 Å². The molecule has 2 nitrogen and oxygen atoms in total. The number of thiophene rings is 1. The van der Waals surface area contributed by atoms with Crippen LogP contribution < -0.4 is 5.32 Å². The standard InChI is InChI=1S/C11H15ClINOS/c1-3-11(2,4-5-12)14-10(15)8-6-9(13)16-7-8/h6-7H,3-5H2,1-2H3,(H,14,15). The first-order valence-electron chi connectivity index (χ1n) is 5.13. The third-order valence-electron chi connectivity index (χ3n) is 2.67. The van der Waals surface area contributed by atoms with Crippen molar-refractivity contribution < 1.29 is 4.79 Å². The Morgan fingerprint density at radius 1 is 1.69 bits per heavy atom. The second-order valence-electron chi connectivity index (χ2n) is 3.95. The lowest BCUT2D eigenvalue weighted by Gasteiger charge is -2.28. The minimum Gasteiger partial charge on any atom is -0.347 e. The van der Waals surface area contributed by atoms with E-state index in [1.165, 1.54) is 0 Å². The van der Waals surface area contributed by atoms with Gasteiger partial charge in [0.05, 0.1) is 8.45 Å². The summed E-state index contributed by atoms with van der Waals surface area (Å²) in [6.07, 6.45) is 1.67. The Bertz CT molecular complexity index is 369. The van der Waals surface area contributed by atoms with Crippen molar-refractivity contribution in [1.29, 1.82) is 0 Å². The third-order valence-corrected chi connectivity index (χ3v) is 4.65. The van der Waals surface area contributed by atoms with E-state index in [9.17, 15) is 4.79 Å². The van der Waals surface area contributed by atoms with Gasteiger partial charge in [0.2, 0.25) is 0 Å². The number of halogens is 2. The Morgan fingerprint density at radius 2 is 2.38 bits per heavy atom. The fourth-order valence-electron chi connectivity index (χ4n) is 1.31. The van der Waals surface area contributed by atoms with Crippen molar-refractivity contribution in [3.8, 4) is 0 Å². The van der Waals surface area contributed by atoms with Gasteiger partial charge in [-0.15, -0.1) is 22.9 Å². The van der Waals surface area contributed by atoms with Crippen molar-refractivity contribution in [2.45, 2.75) is 32.2 Å². The summed E-state index contributed by atoms with van der Waals surface area (Å²) in [5, 5.41) is 4.94. The summed E-state index contributed by atoms with van der Waals surface area (Å²) in [6, 6.07) is 1.90. The van der Waals surface area contributed by atoms with Gasteiger partial charge in [0, 0.05) is 16.8 Å². The molecule has 0 spiro atoms. The lowest BCUT2D eigenvalue weighted by atomic mass is 9.95. The van der Waals surface area contributed by atoms with Crippen LogP contribution in [0.15, 0.2) is 11.4 Å². The van der Waals surface area contributed by atoms with Crippen molar-refractivity contribution in [1.82, 2.24) is 5.32 Å². The van der Waals surface area contributed by atoms with E-state index in [1.807, 2.05) is 18.4 Å². The maximum atomic E-state index is 12.0. The average Bonchev–Trinajstić information content (AvgIpc) is 2.65. The predicted molar refractivity (Wildman–Crippen MR) is 78.5 cm³/mol. The largest absolute Gasteiger partial charge is 0.347 e. The number of amides is 1. The van der Waals surface area contributed by atoms with E-state index < -0.39 is 0 Å². The summed E-state index contributed by atoms with van der Waals surface area (Å²) < 4.78 is 1.12. The summed E-state index contributed by atoms with van der Waals surface area (Å²) in [7, 11) is 0. The number of rotatable bonds is 5. The number of hydrogen-bond acceptors (Lipinski definition) is 2. The van der Waals surface area contributed by atoms with E-state index in [0.717, 1.165) is 21.3 Å². The highest BCUT2D eigenvalue weighted by Crippen LogP contribution is 2.19. The summed E-state index contributed by atoms with van der Waals surface area (Å²) >= 11 is 9.54. The minimum atomic E-state index is -0.202. The van der Waals surface area contributed by atoms with E-state index in [0.29, 0.717) is 5.88 Å². The first-order valence-corrected chi connectivity index (χ1v) is 7.62. The van der Waals surface area contributed by atoms with Crippen molar-refractivity contribution in [3.63, 3.8) is 0 Å². The SMILES string of the molecule is CCC(C)(CCCl)NC(=O)c1csc(I)c1. The smallest absolute Gasteiger partial charge is 0.252 e. The van der Waals surface area contributed by atoms with Gasteiger partial charge in [-0.3, -0.25) is 4.79 Å². The fraction of sp³-hybridized carbons (Fsp3) is 0.545. The van der Waals surface area contributed by atoms with E-state index in [4.69, 9.17) is 11.6 Å². The molecule has 0 aliphatic heterocycles. The molecule has 1 atom stereocenters. The van der Waals surface area contributed by atoms with Gasteiger partial charge < -0.3 is 5.32 Å². The van der Waals surface area contributed by atoms with Gasteiger partial charge in [-0.05, 0) is 48.4 Å². The van der Waals surface area contributed by atoms with Crippen LogP contribution in [0.5, 0.6) is 0 Å². The minimum absolute atomic E-state index is 0.00590. The molecule has 1 aromatic heterocycles. The van der Waals surface area contributed by atoms with Crippen molar-refractivity contribution in [2.24, 2.45) is 0 Å². The molecule has 1 N–H and O–H groups in total. The normalized spacial score (nSPS) is 14.5. The van der Waals surface area contributed by atoms with E-state index in [-0.39, 0.29) is 11.4 Å². The van der Waals surface area contributed by atoms with Crippen molar-refractivity contribution >= 4 is 51.4 Å². The molecule has 0 radical (unpaired) electrons. The highest BCUT2D eigenvalue weighted by atomic mass is 127. The quantitative estimate of drug-likeness (QED) is 0.617. The lowest BCUT2D eigenvalue weighted by Crippen LogP contribution is -2.45. The molecule has 0 fully saturated rings. The lowest BCUT2D eigenvalue weighted by molar-refractivity contribution is 0.0902. The van der Waals surface area contributed by atoms with Gasteiger partial charge in [0.25, 0.3) is 5.91 Å². The molecular weight excluding hydrogens is 357 g/mol. The van der Waals surface area contributed by atoms with Crippen LogP contribution in [0.25, 0.3) is 0 Å². The molecule has 0 aromatic carbocycles. The van der Waals surface area contributed by atoms with Crippen LogP contribution in [0.3, 0.4) is 0 Å². The highest BCUT2D eigenvalue weighted by Gasteiger charge is 2.24. The van der Waals surface area contributed by atoms with Crippen molar-refractivity contribution in [3.05, 3.63) is 19.9 Å². The van der Waals surface area contributed by atoms with Gasteiger partial charge in [-0.2, -0.15) is 0 Å². The first kappa shape index (κ1) is 14.3. The third kappa shape index (κ3) is 3.89. The van der Waals surface area contributed by atoms with Crippen LogP contribution in [-0.4, -0.2) is 17.3 Å². The van der Waals surface area contributed by atoms with Crippen LogP contribution in [0.4, 0.5) is 0 Å². The molecule has 5 heteroatoms. The molecule has 0 aliphatic rings. The average molecular weight is 372 g/mol. The topological polar surface area (TPSA) is 29.1 Å². The maximum absolute atomic E-state index is 12.0. The van der Waals surface area contributed by atoms with Gasteiger partial charge in [0.15, 0.2) is 0 Å². The van der Waals surface area contributed by atoms with Crippen LogP contribution in [0.2, 0.25) is 0 Å². The molecule has 0 saturated carbocycles. The summed E-state index contributed by atoms with van der Waals surface area (Å²) in [4.78, 5) is 12.0. The second-order valence-corrected chi connectivity index (χ2v) is 7.13. The second kappa shape index (κ2) is 6.21. The molecule has 90 valence electrons. The number of alkyl halides is 1. The molecular formula is C11H15ClINOS. The van der Waals surface area contributed by atoms with E-state index in [2.05, 4.69) is 34.8 Å². The zero-order valence-corrected chi connectivity index (χ0v) is 13.1.